The van der Waals surface area contributed by atoms with Crippen molar-refractivity contribution in [2.75, 3.05) is 26.2 Å². The molecule has 0 radical (unpaired) electrons. The number of nitrogens with zero attached hydrogens (tertiary/aromatic N) is 2. The number of amides is 2. The molecule has 2 aromatic carbocycles. The van der Waals surface area contributed by atoms with Crippen molar-refractivity contribution < 1.29 is 14.1 Å². The lowest BCUT2D eigenvalue weighted by molar-refractivity contribution is -0.0287. The lowest BCUT2D eigenvalue weighted by Gasteiger charge is -2.33. The van der Waals surface area contributed by atoms with Crippen LogP contribution in [0.2, 0.25) is 15.1 Å². The third-order valence-corrected chi connectivity index (χ3v) is 6.22. The summed E-state index contributed by atoms with van der Waals surface area (Å²) >= 11 is 18.0. The van der Waals surface area contributed by atoms with Gasteiger partial charge in [0.1, 0.15) is 5.69 Å². The summed E-state index contributed by atoms with van der Waals surface area (Å²) in [4.78, 5) is 14.5. The number of nitrogens with one attached hydrogen (secondary N) is 2. The van der Waals surface area contributed by atoms with Gasteiger partial charge < -0.3 is 19.9 Å². The van der Waals surface area contributed by atoms with Crippen molar-refractivity contribution in [1.82, 2.24) is 20.7 Å². The molecule has 0 aliphatic carbocycles. The van der Waals surface area contributed by atoms with Gasteiger partial charge in [-0.15, -0.1) is 0 Å². The van der Waals surface area contributed by atoms with Crippen molar-refractivity contribution in [3.63, 3.8) is 0 Å². The molecule has 0 bridgehead atoms. The smallest absolute Gasteiger partial charge is 0.315 e. The van der Waals surface area contributed by atoms with Crippen molar-refractivity contribution in [2.24, 2.45) is 0 Å². The third kappa shape index (κ3) is 6.85. The fourth-order valence-corrected chi connectivity index (χ4v) is 3.98. The lowest BCUT2D eigenvalue weighted by atomic mass is 10.1. The van der Waals surface area contributed by atoms with E-state index in [1.165, 1.54) is 0 Å². The quantitative estimate of drug-likeness (QED) is 0.468. The van der Waals surface area contributed by atoms with E-state index in [2.05, 4.69) is 20.7 Å². The number of rotatable bonds is 7. The summed E-state index contributed by atoms with van der Waals surface area (Å²) < 4.78 is 11.1. The Hall–Kier alpha value is -2.29. The van der Waals surface area contributed by atoms with E-state index in [-0.39, 0.29) is 18.7 Å². The molecule has 2 heterocycles. The van der Waals surface area contributed by atoms with Gasteiger partial charge in [-0.2, -0.15) is 0 Å². The van der Waals surface area contributed by atoms with E-state index in [4.69, 9.17) is 44.1 Å². The van der Waals surface area contributed by atoms with Crippen LogP contribution in [0.15, 0.2) is 53.1 Å². The fourth-order valence-electron chi connectivity index (χ4n) is 3.53. The molecule has 7 nitrogen and oxygen atoms in total. The predicted octanol–water partition coefficient (Wildman–Crippen LogP) is 5.00. The molecule has 1 aliphatic rings. The minimum absolute atomic E-state index is 0.103. The van der Waals surface area contributed by atoms with Crippen molar-refractivity contribution >= 4 is 40.8 Å². The maximum absolute atomic E-state index is 12.2. The molecule has 1 atom stereocenters. The van der Waals surface area contributed by atoms with Crippen molar-refractivity contribution in [1.29, 1.82) is 0 Å². The standard InChI is InChI=1S/C23H23Cl3N4O3/c24-17-4-2-16(3-5-17)22-10-18(33-29-22)11-27-23(31)28-12-19-14-30(7-8-32-19)13-15-1-6-20(25)21(26)9-15/h1-6,9-10,19H,7-8,11-14H2,(H2,27,28,31)/t19-/m0/s1. The first-order valence-corrected chi connectivity index (χ1v) is 11.6. The molecule has 1 fully saturated rings. The van der Waals surface area contributed by atoms with Gasteiger partial charge in [0, 0.05) is 42.8 Å². The highest BCUT2D eigenvalue weighted by molar-refractivity contribution is 6.42. The lowest BCUT2D eigenvalue weighted by Crippen LogP contribution is -2.48. The number of halogens is 3. The molecule has 2 N–H and O–H groups in total. The Kier molecular flexibility index (Phi) is 8.11. The van der Waals surface area contributed by atoms with Gasteiger partial charge in [0.2, 0.25) is 0 Å². The second-order valence-corrected chi connectivity index (χ2v) is 8.98. The minimum Gasteiger partial charge on any atom is -0.374 e. The minimum atomic E-state index is -0.301. The summed E-state index contributed by atoms with van der Waals surface area (Å²) in [5, 5.41) is 11.4. The molecule has 0 spiro atoms. The van der Waals surface area contributed by atoms with Gasteiger partial charge in [0.05, 0.1) is 29.3 Å². The Labute approximate surface area is 206 Å². The number of hydrogen-bond donors (Lipinski definition) is 2. The molecule has 0 saturated carbocycles. The molecule has 10 heteroatoms. The highest BCUT2D eigenvalue weighted by atomic mass is 35.5. The molecular weight excluding hydrogens is 487 g/mol. The maximum atomic E-state index is 12.2. The molecule has 0 unspecified atom stereocenters. The first-order chi connectivity index (χ1) is 16.0. The average Bonchev–Trinajstić information content (AvgIpc) is 3.29. The van der Waals surface area contributed by atoms with Crippen molar-refractivity contribution in [3.8, 4) is 11.3 Å². The first kappa shape index (κ1) is 23.9. The van der Waals surface area contributed by atoms with Crippen LogP contribution in [-0.4, -0.2) is 48.4 Å². The Morgan fingerprint density at radius 3 is 2.67 bits per heavy atom. The van der Waals surface area contributed by atoms with Gasteiger partial charge in [0.15, 0.2) is 5.76 Å². The van der Waals surface area contributed by atoms with Crippen LogP contribution in [0, 0.1) is 0 Å². The van der Waals surface area contributed by atoms with Crippen LogP contribution in [0.5, 0.6) is 0 Å². The zero-order valence-corrected chi connectivity index (χ0v) is 20.0. The molecule has 174 valence electrons. The van der Waals surface area contributed by atoms with Crippen LogP contribution < -0.4 is 10.6 Å². The normalized spacial score (nSPS) is 16.5. The summed E-state index contributed by atoms with van der Waals surface area (Å²) in [5.41, 5.74) is 2.65. The van der Waals surface area contributed by atoms with E-state index in [0.717, 1.165) is 24.2 Å². The average molecular weight is 510 g/mol. The summed E-state index contributed by atoms with van der Waals surface area (Å²) in [7, 11) is 0. The van der Waals surface area contributed by atoms with Crippen LogP contribution in [0.1, 0.15) is 11.3 Å². The molecule has 4 rings (SSSR count). The number of carbonyl (C=O) groups is 1. The second kappa shape index (κ2) is 11.2. The number of aromatic nitrogens is 1. The van der Waals surface area contributed by atoms with Gasteiger partial charge >= 0.3 is 6.03 Å². The molecular formula is C23H23Cl3N4O3. The SMILES string of the molecule is O=C(NCc1cc(-c2ccc(Cl)cc2)no1)NC[C@H]1CN(Cc2ccc(Cl)c(Cl)c2)CCO1. The maximum Gasteiger partial charge on any atom is 0.315 e. The molecule has 3 aromatic rings. The zero-order chi connectivity index (χ0) is 23.2. The molecule has 33 heavy (non-hydrogen) atoms. The van der Waals surface area contributed by atoms with E-state index in [1.807, 2.05) is 24.3 Å². The number of carbonyl (C=O) groups excluding carboxylic acids is 1. The highest BCUT2D eigenvalue weighted by Gasteiger charge is 2.21. The first-order valence-electron chi connectivity index (χ1n) is 10.5. The van der Waals surface area contributed by atoms with Gasteiger partial charge in [-0.3, -0.25) is 4.90 Å². The Morgan fingerprint density at radius 1 is 1.06 bits per heavy atom. The van der Waals surface area contributed by atoms with Crippen molar-refractivity contribution in [3.05, 3.63) is 74.9 Å². The monoisotopic (exact) mass is 508 g/mol. The number of urea groups is 1. The number of benzene rings is 2. The van der Waals surface area contributed by atoms with E-state index in [0.29, 0.717) is 46.2 Å². The fraction of sp³-hybridized carbons (Fsp3) is 0.304. The highest BCUT2D eigenvalue weighted by Crippen LogP contribution is 2.24. The van der Waals surface area contributed by atoms with E-state index < -0.39 is 0 Å². The topological polar surface area (TPSA) is 79.6 Å². The van der Waals surface area contributed by atoms with Crippen LogP contribution in [0.25, 0.3) is 11.3 Å². The number of ether oxygens (including phenoxy) is 1. The molecule has 1 saturated heterocycles. The Morgan fingerprint density at radius 2 is 1.88 bits per heavy atom. The van der Waals surface area contributed by atoms with Crippen LogP contribution >= 0.6 is 34.8 Å². The zero-order valence-electron chi connectivity index (χ0n) is 17.7. The van der Waals surface area contributed by atoms with Gasteiger partial charge in [-0.25, -0.2) is 4.79 Å². The number of morpholine rings is 1. The van der Waals surface area contributed by atoms with E-state index >= 15 is 0 Å². The Balaban J connectivity index is 1.20. The van der Waals surface area contributed by atoms with E-state index in [9.17, 15) is 4.79 Å². The predicted molar refractivity (Wildman–Crippen MR) is 129 cm³/mol. The number of hydrogen-bond acceptors (Lipinski definition) is 5. The van der Waals surface area contributed by atoms with Crippen LogP contribution in [0.4, 0.5) is 4.79 Å². The van der Waals surface area contributed by atoms with Crippen LogP contribution in [0.3, 0.4) is 0 Å². The summed E-state index contributed by atoms with van der Waals surface area (Å²) in [6.07, 6.45) is -0.103. The molecule has 1 aliphatic heterocycles. The van der Waals surface area contributed by atoms with Gasteiger partial charge in [0.25, 0.3) is 0 Å². The summed E-state index contributed by atoms with van der Waals surface area (Å²) in [5.74, 6) is 0.553. The molecule has 1 aromatic heterocycles. The van der Waals surface area contributed by atoms with Gasteiger partial charge in [-0.05, 0) is 29.8 Å². The summed E-state index contributed by atoms with van der Waals surface area (Å²) in [6.45, 7) is 3.47. The second-order valence-electron chi connectivity index (χ2n) is 7.73. The van der Waals surface area contributed by atoms with Crippen LogP contribution in [-0.2, 0) is 17.8 Å². The third-order valence-electron chi connectivity index (χ3n) is 5.23. The molecule has 2 amide bonds. The largest absolute Gasteiger partial charge is 0.374 e. The van der Waals surface area contributed by atoms with Gasteiger partial charge in [-0.1, -0.05) is 58.2 Å². The summed E-state index contributed by atoms with van der Waals surface area (Å²) in [6, 6.07) is 14.4. The van der Waals surface area contributed by atoms with E-state index in [1.54, 1.807) is 24.3 Å². The van der Waals surface area contributed by atoms with Crippen molar-refractivity contribution in [2.45, 2.75) is 19.2 Å². The Bertz CT molecular complexity index is 1090.